The van der Waals surface area contributed by atoms with E-state index in [0.717, 1.165) is 6.92 Å². The number of aliphatic hydroxyl groups is 4. The molecule has 4 N–H and O–H groups in total. The van der Waals surface area contributed by atoms with Gasteiger partial charge in [-0.05, 0) is 0 Å². The third kappa shape index (κ3) is 2.64. The maximum atomic E-state index is 10.6. The molecular weight excluding hydrogens is 208 g/mol. The van der Waals surface area contributed by atoms with Crippen molar-refractivity contribution in [1.82, 2.24) is 0 Å². The van der Waals surface area contributed by atoms with Gasteiger partial charge in [0.25, 0.3) is 0 Å². The summed E-state index contributed by atoms with van der Waals surface area (Å²) in [7, 11) is 0. The molecule has 0 bridgehead atoms. The number of carbonyl (C=O) groups is 1. The summed E-state index contributed by atoms with van der Waals surface area (Å²) in [6, 6.07) is 0. The Morgan fingerprint density at radius 3 is 2.40 bits per heavy atom. The number of aliphatic hydroxyl groups excluding tert-OH is 4. The zero-order chi connectivity index (χ0) is 11.6. The fourth-order valence-electron chi connectivity index (χ4n) is 1.39. The van der Waals surface area contributed by atoms with E-state index >= 15 is 0 Å². The van der Waals surface area contributed by atoms with Crippen LogP contribution in [0.2, 0.25) is 0 Å². The highest BCUT2D eigenvalue weighted by molar-refractivity contribution is 5.66. The number of esters is 1. The molecule has 0 radical (unpaired) electrons. The minimum absolute atomic E-state index is 0.553. The van der Waals surface area contributed by atoms with Crippen molar-refractivity contribution in [2.24, 2.45) is 0 Å². The van der Waals surface area contributed by atoms with E-state index in [0.29, 0.717) is 0 Å². The molecule has 0 amide bonds. The lowest BCUT2D eigenvalue weighted by atomic mass is 9.99. The zero-order valence-electron chi connectivity index (χ0n) is 8.11. The van der Waals surface area contributed by atoms with E-state index < -0.39 is 43.3 Å². The van der Waals surface area contributed by atoms with Gasteiger partial charge in [-0.3, -0.25) is 4.79 Å². The second-order valence-electron chi connectivity index (χ2n) is 3.30. The highest BCUT2D eigenvalue weighted by Gasteiger charge is 2.45. The molecule has 5 atom stereocenters. The molecule has 7 heteroatoms. The van der Waals surface area contributed by atoms with Gasteiger partial charge >= 0.3 is 5.97 Å². The first-order valence-electron chi connectivity index (χ1n) is 4.45. The quantitative estimate of drug-likeness (QED) is 0.377. The molecule has 1 aliphatic rings. The van der Waals surface area contributed by atoms with E-state index in [2.05, 4.69) is 4.74 Å². The van der Waals surface area contributed by atoms with Crippen LogP contribution in [0.4, 0.5) is 0 Å². The van der Waals surface area contributed by atoms with Crippen molar-refractivity contribution in [3.63, 3.8) is 0 Å². The van der Waals surface area contributed by atoms with E-state index in [9.17, 15) is 20.1 Å². The average molecular weight is 222 g/mol. The molecule has 1 heterocycles. The maximum Gasteiger partial charge on any atom is 0.303 e. The summed E-state index contributed by atoms with van der Waals surface area (Å²) < 4.78 is 9.32. The predicted octanol–water partition coefficient (Wildman–Crippen LogP) is -2.65. The van der Waals surface area contributed by atoms with Gasteiger partial charge in [-0.25, -0.2) is 0 Å². The first-order chi connectivity index (χ1) is 6.97. The standard InChI is InChI=1S/C8H14O7/c1-3(10)14-7-6(12)5(11)4(2-9)15-8(7)13/h4-9,11-13H,2H2,1H3/t4-,5-,6+,7+,8?/m1/s1. The highest BCUT2D eigenvalue weighted by atomic mass is 16.7. The van der Waals surface area contributed by atoms with Crippen LogP contribution in [0.1, 0.15) is 6.92 Å². The monoisotopic (exact) mass is 222 g/mol. The van der Waals surface area contributed by atoms with Gasteiger partial charge in [0.2, 0.25) is 0 Å². The largest absolute Gasteiger partial charge is 0.454 e. The molecule has 0 aromatic carbocycles. The van der Waals surface area contributed by atoms with Crippen molar-refractivity contribution in [3.8, 4) is 0 Å². The van der Waals surface area contributed by atoms with Gasteiger partial charge in [-0.1, -0.05) is 0 Å². The molecule has 15 heavy (non-hydrogen) atoms. The van der Waals surface area contributed by atoms with Gasteiger partial charge < -0.3 is 29.9 Å². The number of hydrogen-bond acceptors (Lipinski definition) is 7. The van der Waals surface area contributed by atoms with Crippen molar-refractivity contribution in [1.29, 1.82) is 0 Å². The summed E-state index contributed by atoms with van der Waals surface area (Å²) >= 11 is 0. The van der Waals surface area contributed by atoms with Crippen LogP contribution in [0, 0.1) is 0 Å². The molecule has 88 valence electrons. The van der Waals surface area contributed by atoms with E-state index in [4.69, 9.17) is 9.84 Å². The summed E-state index contributed by atoms with van der Waals surface area (Å²) in [6.45, 7) is 0.548. The van der Waals surface area contributed by atoms with Gasteiger partial charge in [-0.15, -0.1) is 0 Å². The normalized spacial score (nSPS) is 41.3. The van der Waals surface area contributed by atoms with Gasteiger partial charge in [0.05, 0.1) is 6.61 Å². The Bertz CT molecular complexity index is 231. The van der Waals surface area contributed by atoms with Crippen LogP contribution in [0.3, 0.4) is 0 Å². The number of carbonyl (C=O) groups excluding carboxylic acids is 1. The van der Waals surface area contributed by atoms with E-state index in [1.165, 1.54) is 0 Å². The van der Waals surface area contributed by atoms with Crippen LogP contribution in [-0.4, -0.2) is 63.7 Å². The van der Waals surface area contributed by atoms with Gasteiger partial charge in [0.15, 0.2) is 12.4 Å². The zero-order valence-corrected chi connectivity index (χ0v) is 8.11. The lowest BCUT2D eigenvalue weighted by Gasteiger charge is -2.39. The van der Waals surface area contributed by atoms with Gasteiger partial charge in [-0.2, -0.15) is 0 Å². The van der Waals surface area contributed by atoms with E-state index in [1.807, 2.05) is 0 Å². The molecule has 0 saturated carbocycles. The van der Waals surface area contributed by atoms with Gasteiger partial charge in [0, 0.05) is 6.92 Å². The highest BCUT2D eigenvalue weighted by Crippen LogP contribution is 2.22. The number of rotatable bonds is 2. The van der Waals surface area contributed by atoms with Crippen LogP contribution in [0.15, 0.2) is 0 Å². The Morgan fingerprint density at radius 2 is 1.93 bits per heavy atom. The molecular formula is C8H14O7. The summed E-state index contributed by atoms with van der Waals surface area (Å²) in [5, 5.41) is 37.0. The fraction of sp³-hybridized carbons (Fsp3) is 0.875. The molecule has 1 fully saturated rings. The molecule has 1 unspecified atom stereocenters. The van der Waals surface area contributed by atoms with Crippen molar-refractivity contribution >= 4 is 5.97 Å². The lowest BCUT2D eigenvalue weighted by molar-refractivity contribution is -0.290. The SMILES string of the molecule is CC(=O)O[C@@H]1C(O)O[C@H](CO)[C@@H](O)[C@@H]1O. The molecule has 0 aromatic heterocycles. The molecule has 1 rings (SSSR count). The van der Waals surface area contributed by atoms with E-state index in [1.54, 1.807) is 0 Å². The first-order valence-corrected chi connectivity index (χ1v) is 4.45. The smallest absolute Gasteiger partial charge is 0.303 e. The van der Waals surface area contributed by atoms with Crippen molar-refractivity contribution in [2.75, 3.05) is 6.61 Å². The molecule has 1 aliphatic heterocycles. The Kier molecular flexibility index (Phi) is 4.00. The van der Waals surface area contributed by atoms with Crippen LogP contribution < -0.4 is 0 Å². The topological polar surface area (TPSA) is 116 Å². The minimum Gasteiger partial charge on any atom is -0.454 e. The third-order valence-corrected chi connectivity index (χ3v) is 2.14. The number of hydrogen-bond donors (Lipinski definition) is 4. The van der Waals surface area contributed by atoms with Crippen LogP contribution in [-0.2, 0) is 14.3 Å². The first kappa shape index (κ1) is 12.3. The third-order valence-electron chi connectivity index (χ3n) is 2.14. The van der Waals surface area contributed by atoms with Crippen molar-refractivity contribution in [3.05, 3.63) is 0 Å². The maximum absolute atomic E-state index is 10.6. The molecule has 1 saturated heterocycles. The van der Waals surface area contributed by atoms with Crippen LogP contribution in [0.5, 0.6) is 0 Å². The molecule has 7 nitrogen and oxygen atoms in total. The second-order valence-corrected chi connectivity index (χ2v) is 3.30. The lowest BCUT2D eigenvalue weighted by Crippen LogP contribution is -2.59. The van der Waals surface area contributed by atoms with Crippen LogP contribution >= 0.6 is 0 Å². The summed E-state index contributed by atoms with van der Waals surface area (Å²) in [4.78, 5) is 10.6. The summed E-state index contributed by atoms with van der Waals surface area (Å²) in [5.74, 6) is -0.712. The Morgan fingerprint density at radius 1 is 1.33 bits per heavy atom. The minimum atomic E-state index is -1.57. The predicted molar refractivity (Wildman–Crippen MR) is 45.5 cm³/mol. The molecule has 0 aromatic rings. The summed E-state index contributed by atoms with van der Waals surface area (Å²) in [5.41, 5.74) is 0. The van der Waals surface area contributed by atoms with Crippen molar-refractivity contribution in [2.45, 2.75) is 37.6 Å². The van der Waals surface area contributed by atoms with Crippen LogP contribution in [0.25, 0.3) is 0 Å². The Labute approximate surface area is 85.9 Å². The number of ether oxygens (including phenoxy) is 2. The fourth-order valence-corrected chi connectivity index (χ4v) is 1.39. The average Bonchev–Trinajstić information content (AvgIpc) is 2.18. The Balaban J connectivity index is 2.70. The summed E-state index contributed by atoms with van der Waals surface area (Å²) in [6.07, 6.45) is -6.91. The second kappa shape index (κ2) is 4.86. The molecule has 0 spiro atoms. The van der Waals surface area contributed by atoms with Gasteiger partial charge in [0.1, 0.15) is 18.3 Å². The van der Waals surface area contributed by atoms with Crippen molar-refractivity contribution < 1.29 is 34.7 Å². The van der Waals surface area contributed by atoms with E-state index in [-0.39, 0.29) is 0 Å². The Hall–Kier alpha value is -0.730. The molecule has 0 aliphatic carbocycles.